The van der Waals surface area contributed by atoms with E-state index in [2.05, 4.69) is 0 Å². The predicted molar refractivity (Wildman–Crippen MR) is 127 cm³/mol. The lowest BCUT2D eigenvalue weighted by Gasteiger charge is -2.45. The van der Waals surface area contributed by atoms with Crippen LogP contribution in [0.4, 0.5) is 0 Å². The molecule has 35 heavy (non-hydrogen) atoms. The molecule has 2 aliphatic heterocycles. The first kappa shape index (κ1) is 28.0. The third kappa shape index (κ3) is 7.69. The van der Waals surface area contributed by atoms with E-state index in [1.165, 1.54) is 7.11 Å². The minimum Gasteiger partial charge on any atom is -0.469 e. The highest BCUT2D eigenvalue weighted by Crippen LogP contribution is 2.34. The van der Waals surface area contributed by atoms with Gasteiger partial charge >= 0.3 is 5.97 Å². The highest BCUT2D eigenvalue weighted by molar-refractivity contribution is 5.69. The molecule has 1 aromatic carbocycles. The van der Waals surface area contributed by atoms with Crippen molar-refractivity contribution < 1.29 is 42.7 Å². The number of ether oxygens (including phenoxy) is 8. The molecule has 0 amide bonds. The molecule has 0 bridgehead atoms. The van der Waals surface area contributed by atoms with Crippen LogP contribution in [-0.2, 0) is 49.3 Å². The molecule has 9 heteroatoms. The summed E-state index contributed by atoms with van der Waals surface area (Å²) in [4.78, 5) is 12.1. The van der Waals surface area contributed by atoms with E-state index in [4.69, 9.17) is 37.9 Å². The Hall–Kier alpha value is -1.59. The Bertz CT molecular complexity index is 746. The van der Waals surface area contributed by atoms with E-state index in [0.717, 1.165) is 5.56 Å². The number of hydrogen-bond acceptors (Lipinski definition) is 9. The van der Waals surface area contributed by atoms with Crippen molar-refractivity contribution in [1.82, 2.24) is 0 Å². The van der Waals surface area contributed by atoms with Gasteiger partial charge in [-0.05, 0) is 12.0 Å². The zero-order valence-electron chi connectivity index (χ0n) is 21.4. The third-order valence-electron chi connectivity index (χ3n) is 6.87. The van der Waals surface area contributed by atoms with E-state index in [9.17, 15) is 4.79 Å². The van der Waals surface area contributed by atoms with Gasteiger partial charge in [-0.1, -0.05) is 37.3 Å². The van der Waals surface area contributed by atoms with Gasteiger partial charge in [0.2, 0.25) is 0 Å². The van der Waals surface area contributed by atoms with Gasteiger partial charge in [0.1, 0.15) is 18.3 Å². The lowest BCUT2D eigenvalue weighted by Crippen LogP contribution is -2.58. The molecule has 2 aliphatic rings. The summed E-state index contributed by atoms with van der Waals surface area (Å²) in [6.07, 6.45) is -0.855. The predicted octanol–water partition coefficient (Wildman–Crippen LogP) is 2.74. The standard InChI is InChI=1S/C26H40O9/c1-17-20(35-26-25(31-5)24(30-4)22(28-2)16-33-26)13-19(34-21(17)14-23(27)29-3)11-12-32-15-18-9-7-6-8-10-18/h6-10,17,19-22,24-26H,11-16H2,1-5H3/t17-,19-,20+,21+,22-,24+,25-,26+/m1/s1. The molecule has 0 N–H and O–H groups in total. The second-order valence-corrected chi connectivity index (χ2v) is 9.05. The van der Waals surface area contributed by atoms with Crippen LogP contribution in [0.15, 0.2) is 30.3 Å². The molecule has 0 saturated carbocycles. The fourth-order valence-electron chi connectivity index (χ4n) is 4.73. The number of hydrogen-bond donors (Lipinski definition) is 0. The van der Waals surface area contributed by atoms with Crippen LogP contribution in [0.1, 0.15) is 31.7 Å². The molecule has 2 saturated heterocycles. The van der Waals surface area contributed by atoms with E-state index < -0.39 is 12.4 Å². The van der Waals surface area contributed by atoms with Crippen LogP contribution in [0.2, 0.25) is 0 Å². The molecule has 8 atom stereocenters. The lowest BCUT2D eigenvalue weighted by molar-refractivity contribution is -0.308. The first-order valence-corrected chi connectivity index (χ1v) is 12.2. The summed E-state index contributed by atoms with van der Waals surface area (Å²) in [5.41, 5.74) is 1.12. The maximum atomic E-state index is 12.1. The zero-order valence-corrected chi connectivity index (χ0v) is 21.4. The summed E-state index contributed by atoms with van der Waals surface area (Å²) in [5, 5.41) is 0. The zero-order chi connectivity index (χ0) is 25.2. The highest BCUT2D eigenvalue weighted by Gasteiger charge is 2.46. The molecular weight excluding hydrogens is 456 g/mol. The Labute approximate surface area is 208 Å². The number of rotatable bonds is 12. The van der Waals surface area contributed by atoms with Gasteiger partial charge in [-0.15, -0.1) is 0 Å². The smallest absolute Gasteiger partial charge is 0.308 e. The van der Waals surface area contributed by atoms with Gasteiger partial charge in [0, 0.05) is 40.3 Å². The van der Waals surface area contributed by atoms with Gasteiger partial charge in [0.15, 0.2) is 6.29 Å². The van der Waals surface area contributed by atoms with Crippen molar-refractivity contribution in [3.8, 4) is 0 Å². The van der Waals surface area contributed by atoms with E-state index in [-0.39, 0.29) is 48.8 Å². The second-order valence-electron chi connectivity index (χ2n) is 9.05. The Kier molecular flexibility index (Phi) is 11.4. The molecule has 9 nitrogen and oxygen atoms in total. The maximum absolute atomic E-state index is 12.1. The van der Waals surface area contributed by atoms with Crippen LogP contribution in [-0.4, -0.2) is 90.5 Å². The van der Waals surface area contributed by atoms with Gasteiger partial charge in [0.05, 0.1) is 45.1 Å². The van der Waals surface area contributed by atoms with Crippen molar-refractivity contribution in [2.75, 3.05) is 41.7 Å². The fraction of sp³-hybridized carbons (Fsp3) is 0.731. The van der Waals surface area contributed by atoms with Crippen molar-refractivity contribution in [3.63, 3.8) is 0 Å². The van der Waals surface area contributed by atoms with Gasteiger partial charge in [-0.25, -0.2) is 0 Å². The molecule has 0 radical (unpaired) electrons. The Balaban J connectivity index is 1.63. The fourth-order valence-corrected chi connectivity index (χ4v) is 4.73. The molecule has 1 aromatic rings. The topological polar surface area (TPSA) is 90.9 Å². The van der Waals surface area contributed by atoms with Crippen molar-refractivity contribution >= 4 is 5.97 Å². The van der Waals surface area contributed by atoms with Crippen molar-refractivity contribution in [1.29, 1.82) is 0 Å². The molecule has 0 unspecified atom stereocenters. The largest absolute Gasteiger partial charge is 0.469 e. The summed E-state index contributed by atoms with van der Waals surface area (Å²) >= 11 is 0. The molecule has 2 heterocycles. The van der Waals surface area contributed by atoms with E-state index in [0.29, 0.717) is 32.7 Å². The van der Waals surface area contributed by atoms with Crippen LogP contribution in [0, 0.1) is 5.92 Å². The van der Waals surface area contributed by atoms with Crippen molar-refractivity contribution in [3.05, 3.63) is 35.9 Å². The Morgan fingerprint density at radius 1 is 1.00 bits per heavy atom. The summed E-state index contributed by atoms with van der Waals surface area (Å²) < 4.78 is 46.3. The van der Waals surface area contributed by atoms with Crippen LogP contribution in [0.3, 0.4) is 0 Å². The number of methoxy groups -OCH3 is 4. The van der Waals surface area contributed by atoms with E-state index >= 15 is 0 Å². The van der Waals surface area contributed by atoms with Crippen molar-refractivity contribution in [2.24, 2.45) is 5.92 Å². The Morgan fingerprint density at radius 3 is 2.40 bits per heavy atom. The van der Waals surface area contributed by atoms with Gasteiger partial charge < -0.3 is 37.9 Å². The quantitative estimate of drug-likeness (QED) is 0.320. The monoisotopic (exact) mass is 496 g/mol. The Morgan fingerprint density at radius 2 is 1.74 bits per heavy atom. The molecule has 0 aromatic heterocycles. The van der Waals surface area contributed by atoms with Gasteiger partial charge in [-0.2, -0.15) is 0 Å². The number of esters is 1. The maximum Gasteiger partial charge on any atom is 0.308 e. The highest BCUT2D eigenvalue weighted by atomic mass is 16.7. The summed E-state index contributed by atoms with van der Waals surface area (Å²) in [5.74, 6) is -0.370. The first-order chi connectivity index (χ1) is 17.0. The minimum atomic E-state index is -0.629. The molecule has 3 rings (SSSR count). The average Bonchev–Trinajstić information content (AvgIpc) is 2.89. The number of carbonyl (C=O) groups is 1. The second kappa shape index (κ2) is 14.2. The van der Waals surface area contributed by atoms with E-state index in [1.54, 1.807) is 21.3 Å². The summed E-state index contributed by atoms with van der Waals surface area (Å²) in [6, 6.07) is 10.0. The van der Waals surface area contributed by atoms with Gasteiger partial charge in [0.25, 0.3) is 0 Å². The summed E-state index contributed by atoms with van der Waals surface area (Å²) in [7, 11) is 6.24. The van der Waals surface area contributed by atoms with Gasteiger partial charge in [-0.3, -0.25) is 4.79 Å². The number of carbonyl (C=O) groups excluding carboxylic acids is 1. The minimum absolute atomic E-state index is 0.0576. The molecular formula is C26H40O9. The third-order valence-corrected chi connectivity index (χ3v) is 6.87. The van der Waals surface area contributed by atoms with E-state index in [1.807, 2.05) is 37.3 Å². The normalized spacial score (nSPS) is 33.4. The average molecular weight is 497 g/mol. The molecule has 198 valence electrons. The van der Waals surface area contributed by atoms with Crippen LogP contribution >= 0.6 is 0 Å². The molecule has 0 aliphatic carbocycles. The number of benzene rings is 1. The van der Waals surface area contributed by atoms with Crippen LogP contribution < -0.4 is 0 Å². The van der Waals surface area contributed by atoms with Crippen LogP contribution in [0.25, 0.3) is 0 Å². The van der Waals surface area contributed by atoms with Crippen molar-refractivity contribution in [2.45, 2.75) is 75.7 Å². The molecule has 0 spiro atoms. The first-order valence-electron chi connectivity index (χ1n) is 12.2. The SMILES string of the molecule is COC(=O)C[C@@H]1O[C@H](CCOCc2ccccc2)C[C@H](O[C@@H]2OC[C@@H](OC)[C@H](OC)[C@H]2OC)[C@H]1C. The van der Waals surface area contributed by atoms with Crippen LogP contribution in [0.5, 0.6) is 0 Å². The summed E-state index contributed by atoms with van der Waals surface area (Å²) in [6.45, 7) is 3.43. The lowest BCUT2D eigenvalue weighted by atomic mass is 9.87. The molecule has 2 fully saturated rings.